The third-order valence-electron chi connectivity index (χ3n) is 2.43. The van der Waals surface area contributed by atoms with Gasteiger partial charge in [-0.15, -0.1) is 0 Å². The number of carboxylic acids is 1. The number of nitrogens with zero attached hydrogens (tertiary/aromatic N) is 2. The minimum absolute atomic E-state index is 0.143. The van der Waals surface area contributed by atoms with Gasteiger partial charge in [-0.1, -0.05) is 0 Å². The van der Waals surface area contributed by atoms with Crippen LogP contribution in [0.3, 0.4) is 0 Å². The van der Waals surface area contributed by atoms with Gasteiger partial charge in [-0.2, -0.15) is 4.98 Å². The number of ether oxygens (including phenoxy) is 1. The Labute approximate surface area is 92.7 Å². The molecule has 2 N–H and O–H groups in total. The molecular formula is C10H13N3O3. The third-order valence-corrected chi connectivity index (χ3v) is 2.43. The van der Waals surface area contributed by atoms with Crippen molar-refractivity contribution in [3.8, 4) is 5.88 Å². The van der Waals surface area contributed by atoms with Crippen molar-refractivity contribution >= 4 is 5.97 Å². The number of hydrogen-bond acceptors (Lipinski definition) is 5. The van der Waals surface area contributed by atoms with Crippen LogP contribution >= 0.6 is 0 Å². The zero-order valence-electron chi connectivity index (χ0n) is 8.88. The number of aliphatic carboxylic acids is 1. The molecule has 0 spiro atoms. The Morgan fingerprint density at radius 1 is 1.69 bits per heavy atom. The Morgan fingerprint density at radius 2 is 2.50 bits per heavy atom. The van der Waals surface area contributed by atoms with Gasteiger partial charge in [-0.3, -0.25) is 4.79 Å². The van der Waals surface area contributed by atoms with Crippen molar-refractivity contribution in [3.63, 3.8) is 0 Å². The molecule has 0 radical (unpaired) electrons. The molecule has 1 saturated heterocycles. The van der Waals surface area contributed by atoms with Gasteiger partial charge >= 0.3 is 5.97 Å². The van der Waals surface area contributed by atoms with Crippen LogP contribution in [0.25, 0.3) is 0 Å². The topological polar surface area (TPSA) is 84.3 Å². The fourth-order valence-electron chi connectivity index (χ4n) is 1.65. The van der Waals surface area contributed by atoms with E-state index >= 15 is 0 Å². The molecule has 2 heterocycles. The molecule has 6 nitrogen and oxygen atoms in total. The molecular weight excluding hydrogens is 210 g/mol. The van der Waals surface area contributed by atoms with E-state index in [1.54, 1.807) is 19.2 Å². The van der Waals surface area contributed by atoms with E-state index < -0.39 is 12.0 Å². The molecule has 0 saturated carbocycles. The summed E-state index contributed by atoms with van der Waals surface area (Å²) in [7, 11) is 0. The molecule has 1 aliphatic heterocycles. The predicted molar refractivity (Wildman–Crippen MR) is 55.2 cm³/mol. The molecule has 0 aromatic carbocycles. The Balaban J connectivity index is 1.94. The van der Waals surface area contributed by atoms with E-state index in [4.69, 9.17) is 9.84 Å². The van der Waals surface area contributed by atoms with Crippen molar-refractivity contribution < 1.29 is 14.6 Å². The Morgan fingerprint density at radius 3 is 3.12 bits per heavy atom. The molecule has 6 heteroatoms. The first-order valence-electron chi connectivity index (χ1n) is 5.07. The lowest BCUT2D eigenvalue weighted by Gasteiger charge is -2.11. The molecule has 86 valence electrons. The Bertz CT molecular complexity index is 397. The largest absolute Gasteiger partial charge is 0.480 e. The SMILES string of the molecule is Cc1nccc(OC2CNC(C(=O)O)C2)n1. The smallest absolute Gasteiger partial charge is 0.320 e. The van der Waals surface area contributed by atoms with Crippen LogP contribution in [0, 0.1) is 6.92 Å². The van der Waals surface area contributed by atoms with Crippen LogP contribution < -0.4 is 10.1 Å². The molecule has 0 amide bonds. The van der Waals surface area contributed by atoms with E-state index in [-0.39, 0.29) is 6.10 Å². The van der Waals surface area contributed by atoms with Crippen molar-refractivity contribution in [2.45, 2.75) is 25.5 Å². The molecule has 1 aliphatic rings. The molecule has 1 aromatic rings. The maximum absolute atomic E-state index is 10.7. The van der Waals surface area contributed by atoms with Gasteiger partial charge in [0.15, 0.2) is 0 Å². The van der Waals surface area contributed by atoms with Gasteiger partial charge in [0.05, 0.1) is 0 Å². The number of carbonyl (C=O) groups is 1. The summed E-state index contributed by atoms with van der Waals surface area (Å²) in [6.45, 7) is 2.31. The summed E-state index contributed by atoms with van der Waals surface area (Å²) in [5, 5.41) is 11.7. The summed E-state index contributed by atoms with van der Waals surface area (Å²) in [6.07, 6.45) is 1.93. The van der Waals surface area contributed by atoms with Crippen LogP contribution in [0.1, 0.15) is 12.2 Å². The number of aromatic nitrogens is 2. The summed E-state index contributed by atoms with van der Waals surface area (Å²) >= 11 is 0. The molecule has 0 bridgehead atoms. The van der Waals surface area contributed by atoms with Crippen molar-refractivity contribution in [1.82, 2.24) is 15.3 Å². The molecule has 16 heavy (non-hydrogen) atoms. The maximum Gasteiger partial charge on any atom is 0.320 e. The summed E-state index contributed by atoms with van der Waals surface area (Å²) in [5.74, 6) is 0.286. The molecule has 1 fully saturated rings. The van der Waals surface area contributed by atoms with E-state index in [1.807, 2.05) is 0 Å². The monoisotopic (exact) mass is 223 g/mol. The van der Waals surface area contributed by atoms with Gasteiger partial charge in [0.1, 0.15) is 18.0 Å². The van der Waals surface area contributed by atoms with E-state index in [9.17, 15) is 4.79 Å². The second-order valence-electron chi connectivity index (χ2n) is 3.72. The quantitative estimate of drug-likeness (QED) is 0.749. The lowest BCUT2D eigenvalue weighted by Crippen LogP contribution is -2.30. The summed E-state index contributed by atoms with van der Waals surface area (Å²) in [6, 6.07) is 1.15. The summed E-state index contributed by atoms with van der Waals surface area (Å²) < 4.78 is 5.56. The summed E-state index contributed by atoms with van der Waals surface area (Å²) in [5.41, 5.74) is 0. The van der Waals surface area contributed by atoms with Gasteiger partial charge in [0.2, 0.25) is 5.88 Å². The van der Waals surface area contributed by atoms with Crippen molar-refractivity contribution in [2.24, 2.45) is 0 Å². The molecule has 1 aromatic heterocycles. The van der Waals surface area contributed by atoms with E-state index in [2.05, 4.69) is 15.3 Å². The van der Waals surface area contributed by atoms with Gasteiger partial charge in [-0.25, -0.2) is 4.98 Å². The van der Waals surface area contributed by atoms with Crippen LogP contribution in [0.5, 0.6) is 5.88 Å². The average molecular weight is 223 g/mol. The summed E-state index contributed by atoms with van der Waals surface area (Å²) in [4.78, 5) is 18.8. The number of rotatable bonds is 3. The second kappa shape index (κ2) is 4.44. The number of nitrogens with one attached hydrogen (secondary N) is 1. The van der Waals surface area contributed by atoms with Crippen LogP contribution in [-0.2, 0) is 4.79 Å². The normalized spacial score (nSPS) is 24.3. The van der Waals surface area contributed by atoms with Crippen LogP contribution in [0.2, 0.25) is 0 Å². The van der Waals surface area contributed by atoms with Crippen molar-refractivity contribution in [2.75, 3.05) is 6.54 Å². The van der Waals surface area contributed by atoms with Crippen LogP contribution in [0.4, 0.5) is 0 Å². The zero-order valence-corrected chi connectivity index (χ0v) is 8.88. The highest BCUT2D eigenvalue weighted by atomic mass is 16.5. The van der Waals surface area contributed by atoms with E-state index in [0.29, 0.717) is 24.7 Å². The fourth-order valence-corrected chi connectivity index (χ4v) is 1.65. The standard InChI is InChI=1S/C10H13N3O3/c1-6-11-3-2-9(13-6)16-7-4-8(10(14)15)12-5-7/h2-3,7-8,12H,4-5H2,1H3,(H,14,15). The minimum Gasteiger partial charge on any atom is -0.480 e. The minimum atomic E-state index is -0.843. The zero-order chi connectivity index (χ0) is 11.5. The molecule has 0 aliphatic carbocycles. The van der Waals surface area contributed by atoms with Gasteiger partial charge in [0, 0.05) is 25.2 Å². The third kappa shape index (κ3) is 2.46. The highest BCUT2D eigenvalue weighted by Crippen LogP contribution is 2.14. The first-order valence-corrected chi connectivity index (χ1v) is 5.07. The number of carboxylic acid groups (broad SMARTS) is 1. The predicted octanol–water partition coefficient (Wildman–Crippen LogP) is -0.0211. The Kier molecular flexibility index (Phi) is 3.00. The maximum atomic E-state index is 10.7. The van der Waals surface area contributed by atoms with E-state index in [1.165, 1.54) is 0 Å². The van der Waals surface area contributed by atoms with Crippen molar-refractivity contribution in [1.29, 1.82) is 0 Å². The molecule has 2 atom stereocenters. The highest BCUT2D eigenvalue weighted by Gasteiger charge is 2.30. The van der Waals surface area contributed by atoms with Crippen LogP contribution in [0.15, 0.2) is 12.3 Å². The van der Waals surface area contributed by atoms with Gasteiger partial charge < -0.3 is 15.2 Å². The Hall–Kier alpha value is -1.69. The lowest BCUT2D eigenvalue weighted by atomic mass is 10.2. The lowest BCUT2D eigenvalue weighted by molar-refractivity contribution is -0.139. The van der Waals surface area contributed by atoms with Gasteiger partial charge in [0.25, 0.3) is 0 Å². The number of aryl methyl sites for hydroxylation is 1. The second-order valence-corrected chi connectivity index (χ2v) is 3.72. The van der Waals surface area contributed by atoms with E-state index in [0.717, 1.165) is 0 Å². The first-order chi connectivity index (χ1) is 7.65. The molecule has 2 rings (SSSR count). The fraction of sp³-hybridized carbons (Fsp3) is 0.500. The van der Waals surface area contributed by atoms with Gasteiger partial charge in [-0.05, 0) is 6.92 Å². The average Bonchev–Trinajstić information content (AvgIpc) is 2.66. The number of hydrogen-bond donors (Lipinski definition) is 2. The van der Waals surface area contributed by atoms with Crippen LogP contribution in [-0.4, -0.2) is 39.7 Å². The van der Waals surface area contributed by atoms with Crippen molar-refractivity contribution in [3.05, 3.63) is 18.1 Å². The highest BCUT2D eigenvalue weighted by molar-refractivity contribution is 5.73. The molecule has 2 unspecified atom stereocenters. The first kappa shape index (κ1) is 10.8.